The minimum absolute atomic E-state index is 0.125. The summed E-state index contributed by atoms with van der Waals surface area (Å²) in [6.45, 7) is 4.02. The first-order valence-electron chi connectivity index (χ1n) is 10.9. The van der Waals surface area contributed by atoms with Crippen LogP contribution < -0.4 is 24.4 Å². The molecule has 1 heterocycles. The predicted molar refractivity (Wildman–Crippen MR) is 129 cm³/mol. The van der Waals surface area contributed by atoms with Crippen LogP contribution in [-0.4, -0.2) is 75.2 Å². The SMILES string of the molecule is COc1cc(OC)cc(N(C)C(=O)NC(CCN2CC(Oc3ccc(Cl)cc3)C2)[C@H](C)O)c1. The molecule has 0 aliphatic carbocycles. The van der Waals surface area contributed by atoms with Crippen molar-refractivity contribution in [1.82, 2.24) is 10.2 Å². The minimum Gasteiger partial charge on any atom is -0.497 e. The fourth-order valence-corrected chi connectivity index (χ4v) is 3.73. The van der Waals surface area contributed by atoms with Gasteiger partial charge in [-0.15, -0.1) is 0 Å². The maximum Gasteiger partial charge on any atom is 0.321 e. The second-order valence-corrected chi connectivity index (χ2v) is 8.60. The molecular formula is C24H32ClN3O5. The summed E-state index contributed by atoms with van der Waals surface area (Å²) in [5.74, 6) is 1.98. The number of anilines is 1. The molecule has 0 saturated carbocycles. The van der Waals surface area contributed by atoms with Crippen LogP contribution in [0.3, 0.4) is 0 Å². The summed E-state index contributed by atoms with van der Waals surface area (Å²) in [6, 6.07) is 11.9. The lowest BCUT2D eigenvalue weighted by Gasteiger charge is -2.40. The van der Waals surface area contributed by atoms with Crippen molar-refractivity contribution in [2.75, 3.05) is 45.8 Å². The number of urea groups is 1. The summed E-state index contributed by atoms with van der Waals surface area (Å²) in [5.41, 5.74) is 0.623. The molecule has 1 unspecified atom stereocenters. The predicted octanol–water partition coefficient (Wildman–Crippen LogP) is 3.41. The maximum absolute atomic E-state index is 12.8. The van der Waals surface area contributed by atoms with E-state index < -0.39 is 6.10 Å². The Bertz CT molecular complexity index is 897. The van der Waals surface area contributed by atoms with Crippen molar-refractivity contribution in [1.29, 1.82) is 0 Å². The van der Waals surface area contributed by atoms with Gasteiger partial charge in [0, 0.05) is 49.9 Å². The normalized spacial score (nSPS) is 15.8. The molecule has 33 heavy (non-hydrogen) atoms. The number of hydrogen-bond acceptors (Lipinski definition) is 6. The number of aliphatic hydroxyl groups excluding tert-OH is 1. The van der Waals surface area contributed by atoms with Crippen molar-refractivity contribution < 1.29 is 24.1 Å². The van der Waals surface area contributed by atoms with Crippen LogP contribution in [0.4, 0.5) is 10.5 Å². The Labute approximate surface area is 200 Å². The highest BCUT2D eigenvalue weighted by atomic mass is 35.5. The molecule has 2 aromatic rings. The first-order valence-corrected chi connectivity index (χ1v) is 11.3. The molecule has 2 amide bonds. The minimum atomic E-state index is -0.690. The molecule has 1 fully saturated rings. The van der Waals surface area contributed by atoms with E-state index in [1.54, 1.807) is 46.4 Å². The first-order chi connectivity index (χ1) is 15.8. The molecule has 0 bridgehead atoms. The van der Waals surface area contributed by atoms with E-state index in [4.69, 9.17) is 25.8 Å². The van der Waals surface area contributed by atoms with E-state index in [-0.39, 0.29) is 18.2 Å². The van der Waals surface area contributed by atoms with E-state index >= 15 is 0 Å². The van der Waals surface area contributed by atoms with Crippen LogP contribution >= 0.6 is 11.6 Å². The third-order valence-electron chi connectivity index (χ3n) is 5.72. The van der Waals surface area contributed by atoms with Gasteiger partial charge in [-0.1, -0.05) is 11.6 Å². The van der Waals surface area contributed by atoms with Gasteiger partial charge in [0.25, 0.3) is 0 Å². The molecule has 1 aliphatic rings. The molecule has 9 heteroatoms. The molecular weight excluding hydrogens is 446 g/mol. The fourth-order valence-electron chi connectivity index (χ4n) is 3.60. The number of likely N-dealkylation sites (tertiary alicyclic amines) is 1. The van der Waals surface area contributed by atoms with Crippen LogP contribution in [0.5, 0.6) is 17.2 Å². The van der Waals surface area contributed by atoms with Crippen molar-refractivity contribution in [2.24, 2.45) is 0 Å². The average Bonchev–Trinajstić information content (AvgIpc) is 2.79. The van der Waals surface area contributed by atoms with E-state index in [0.717, 1.165) is 25.4 Å². The third-order valence-corrected chi connectivity index (χ3v) is 5.97. The summed E-state index contributed by atoms with van der Waals surface area (Å²) in [6.07, 6.45) is 0.0522. The summed E-state index contributed by atoms with van der Waals surface area (Å²) in [5, 5.41) is 13.8. The Morgan fingerprint density at radius 3 is 2.30 bits per heavy atom. The number of aliphatic hydroxyl groups is 1. The van der Waals surface area contributed by atoms with Crippen LogP contribution in [0.25, 0.3) is 0 Å². The average molecular weight is 478 g/mol. The van der Waals surface area contributed by atoms with Crippen molar-refractivity contribution in [3.05, 3.63) is 47.5 Å². The van der Waals surface area contributed by atoms with Crippen LogP contribution in [-0.2, 0) is 0 Å². The van der Waals surface area contributed by atoms with Gasteiger partial charge in [-0.25, -0.2) is 4.79 Å². The molecule has 1 aliphatic heterocycles. The molecule has 0 radical (unpaired) electrons. The van der Waals surface area contributed by atoms with Gasteiger partial charge >= 0.3 is 6.03 Å². The van der Waals surface area contributed by atoms with Crippen molar-refractivity contribution in [3.8, 4) is 17.2 Å². The number of ether oxygens (including phenoxy) is 3. The maximum atomic E-state index is 12.8. The van der Waals surface area contributed by atoms with Crippen LogP contribution in [0.15, 0.2) is 42.5 Å². The van der Waals surface area contributed by atoms with Crippen LogP contribution in [0.2, 0.25) is 5.02 Å². The van der Waals surface area contributed by atoms with Crippen molar-refractivity contribution in [2.45, 2.75) is 31.6 Å². The second kappa shape index (κ2) is 11.4. The molecule has 1 saturated heterocycles. The van der Waals surface area contributed by atoms with Gasteiger partial charge in [0.05, 0.1) is 32.1 Å². The van der Waals surface area contributed by atoms with E-state index in [0.29, 0.717) is 28.6 Å². The first kappa shape index (κ1) is 25.0. The van der Waals surface area contributed by atoms with Gasteiger partial charge < -0.3 is 24.6 Å². The Morgan fingerprint density at radius 2 is 1.76 bits per heavy atom. The molecule has 2 N–H and O–H groups in total. The second-order valence-electron chi connectivity index (χ2n) is 8.17. The van der Waals surface area contributed by atoms with E-state index in [2.05, 4.69) is 10.2 Å². The molecule has 8 nitrogen and oxygen atoms in total. The zero-order chi connectivity index (χ0) is 24.0. The topological polar surface area (TPSA) is 83.5 Å². The number of carbonyl (C=O) groups excluding carboxylic acids is 1. The number of rotatable bonds is 10. The Kier molecular flexibility index (Phi) is 8.66. The highest BCUT2D eigenvalue weighted by molar-refractivity contribution is 6.30. The number of hydrogen-bond donors (Lipinski definition) is 2. The van der Waals surface area contributed by atoms with Crippen LogP contribution in [0.1, 0.15) is 13.3 Å². The summed E-state index contributed by atoms with van der Waals surface area (Å²) < 4.78 is 16.5. The molecule has 0 spiro atoms. The number of halogens is 1. The fraction of sp³-hybridized carbons (Fsp3) is 0.458. The Hall–Kier alpha value is -2.68. The highest BCUT2D eigenvalue weighted by Gasteiger charge is 2.30. The standard InChI is InChI=1S/C24H32ClN3O5/c1-16(29)23(9-10-28-14-22(15-28)33-19-7-5-17(25)6-8-19)26-24(30)27(2)18-11-20(31-3)13-21(12-18)32-4/h5-8,11-13,16,22-23,29H,9-10,14-15H2,1-4H3,(H,26,30)/t16-,23?/m0/s1. The molecule has 0 aromatic heterocycles. The summed E-state index contributed by atoms with van der Waals surface area (Å²) in [4.78, 5) is 16.6. The molecule has 3 rings (SSSR count). The number of nitrogens with zero attached hydrogens (tertiary/aromatic N) is 2. The zero-order valence-electron chi connectivity index (χ0n) is 19.5. The van der Waals surface area contributed by atoms with Gasteiger partial charge in [-0.3, -0.25) is 9.80 Å². The van der Waals surface area contributed by atoms with Gasteiger partial charge in [0.1, 0.15) is 23.4 Å². The van der Waals surface area contributed by atoms with Crippen molar-refractivity contribution >= 4 is 23.3 Å². The lowest BCUT2D eigenvalue weighted by atomic mass is 10.1. The number of nitrogens with one attached hydrogen (secondary N) is 1. The lowest BCUT2D eigenvalue weighted by Crippen LogP contribution is -2.55. The highest BCUT2D eigenvalue weighted by Crippen LogP contribution is 2.28. The molecule has 2 aromatic carbocycles. The lowest BCUT2D eigenvalue weighted by molar-refractivity contribution is 0.0145. The number of carbonyl (C=O) groups is 1. The third kappa shape index (κ3) is 6.90. The van der Waals surface area contributed by atoms with Crippen LogP contribution in [0, 0.1) is 0 Å². The Morgan fingerprint density at radius 1 is 1.15 bits per heavy atom. The van der Waals surface area contributed by atoms with Crippen molar-refractivity contribution in [3.63, 3.8) is 0 Å². The number of benzene rings is 2. The number of methoxy groups -OCH3 is 2. The van der Waals surface area contributed by atoms with Gasteiger partial charge in [0.15, 0.2) is 0 Å². The monoisotopic (exact) mass is 477 g/mol. The Balaban J connectivity index is 1.48. The quantitative estimate of drug-likeness (QED) is 0.545. The zero-order valence-corrected chi connectivity index (χ0v) is 20.2. The van der Waals surface area contributed by atoms with E-state index in [9.17, 15) is 9.90 Å². The summed E-state index contributed by atoms with van der Waals surface area (Å²) in [7, 11) is 4.78. The smallest absolute Gasteiger partial charge is 0.321 e. The van der Waals surface area contributed by atoms with Gasteiger partial charge in [-0.05, 0) is 37.6 Å². The number of amides is 2. The van der Waals surface area contributed by atoms with E-state index in [1.807, 2.05) is 24.3 Å². The largest absolute Gasteiger partial charge is 0.497 e. The molecule has 180 valence electrons. The summed E-state index contributed by atoms with van der Waals surface area (Å²) >= 11 is 5.90. The van der Waals surface area contributed by atoms with Gasteiger partial charge in [-0.2, -0.15) is 0 Å². The van der Waals surface area contributed by atoms with E-state index in [1.165, 1.54) is 4.90 Å². The molecule has 2 atom stereocenters. The van der Waals surface area contributed by atoms with Gasteiger partial charge in [0.2, 0.25) is 0 Å².